The molecule has 0 spiro atoms. The number of aliphatic imine (C=N–C) groups is 3. The van der Waals surface area contributed by atoms with Crippen LogP contribution in [0, 0.1) is 0 Å². The number of hydrogen-bond acceptors (Lipinski definition) is 5. The van der Waals surface area contributed by atoms with Crippen molar-refractivity contribution >= 4 is 30.2 Å². The number of guanidine groups is 2. The van der Waals surface area contributed by atoms with E-state index < -0.39 is 12.0 Å². The van der Waals surface area contributed by atoms with E-state index in [0.717, 1.165) is 0 Å². The zero-order valence-corrected chi connectivity index (χ0v) is 16.3. The Morgan fingerprint density at radius 1 is 1.29 bits per heavy atom. The van der Waals surface area contributed by atoms with Crippen LogP contribution in [0.5, 0.6) is 11.5 Å². The van der Waals surface area contributed by atoms with Gasteiger partial charge >= 0.3 is 12.0 Å². The molecule has 2 heterocycles. The third-order valence-corrected chi connectivity index (χ3v) is 4.48. The Labute approximate surface area is 175 Å². The van der Waals surface area contributed by atoms with Crippen LogP contribution in [0.15, 0.2) is 56.8 Å². The molecule has 3 N–H and O–H groups in total. The van der Waals surface area contributed by atoms with Crippen LogP contribution in [0.25, 0.3) is 0 Å². The highest BCUT2D eigenvalue weighted by Gasteiger charge is 2.47. The highest BCUT2D eigenvalue weighted by molar-refractivity contribution is 6.04. The summed E-state index contributed by atoms with van der Waals surface area (Å²) in [7, 11) is 1.52. The predicted octanol–water partition coefficient (Wildman–Crippen LogP) is 1.74. The number of anilines is 1. The van der Waals surface area contributed by atoms with Crippen LogP contribution >= 0.6 is 0 Å². The van der Waals surface area contributed by atoms with Crippen molar-refractivity contribution in [3.8, 4) is 11.5 Å². The lowest BCUT2D eigenvalue weighted by Crippen LogP contribution is -2.48. The summed E-state index contributed by atoms with van der Waals surface area (Å²) in [6.45, 7) is 3.66. The Hall–Kier alpha value is -3.96. The fourth-order valence-electron chi connectivity index (χ4n) is 3.01. The molecule has 31 heavy (non-hydrogen) atoms. The summed E-state index contributed by atoms with van der Waals surface area (Å²) in [6, 6.07) is 4.87. The summed E-state index contributed by atoms with van der Waals surface area (Å²) in [4.78, 5) is 23.6. The van der Waals surface area contributed by atoms with E-state index in [4.69, 9.17) is 9.47 Å². The number of ether oxygens (including phenoxy) is 3. The van der Waals surface area contributed by atoms with E-state index in [-0.39, 0.29) is 42.6 Å². The monoisotopic (exact) mass is 432 g/mol. The molecule has 0 fully saturated rings. The van der Waals surface area contributed by atoms with E-state index in [9.17, 15) is 13.6 Å². The van der Waals surface area contributed by atoms with Gasteiger partial charge in [-0.1, -0.05) is 6.08 Å². The fraction of sp³-hybridized carbons (Fsp3) is 0.263. The lowest BCUT2D eigenvalue weighted by atomic mass is 10.0. The van der Waals surface area contributed by atoms with Gasteiger partial charge < -0.3 is 30.2 Å². The van der Waals surface area contributed by atoms with Gasteiger partial charge in [-0.25, -0.2) is 4.99 Å². The minimum atomic E-state index is -3.89. The highest BCUT2D eigenvalue weighted by atomic mass is 19.3. The first-order valence-corrected chi connectivity index (χ1v) is 9.13. The summed E-state index contributed by atoms with van der Waals surface area (Å²) in [5, 5.41) is 8.21. The Kier molecular flexibility index (Phi) is 5.28. The Morgan fingerprint density at radius 3 is 2.87 bits per heavy atom. The number of rotatable bonds is 2. The summed E-state index contributed by atoms with van der Waals surface area (Å²) >= 11 is 0. The van der Waals surface area contributed by atoms with Crippen molar-refractivity contribution in [2.45, 2.75) is 18.6 Å². The zero-order chi connectivity index (χ0) is 22.0. The first-order chi connectivity index (χ1) is 14.9. The maximum Gasteiger partial charge on any atom is 0.482 e. The minimum absolute atomic E-state index is 0.0842. The molecule has 0 saturated heterocycles. The second-order valence-corrected chi connectivity index (χ2v) is 6.56. The third-order valence-electron chi connectivity index (χ3n) is 4.48. The third kappa shape index (κ3) is 4.32. The van der Waals surface area contributed by atoms with Gasteiger partial charge in [0.25, 0.3) is 0 Å². The Bertz CT molecular complexity index is 1050. The number of nitrogens with zero attached hydrogens (tertiary/aromatic N) is 3. The quantitative estimate of drug-likeness (QED) is 0.484. The number of allylic oxidation sites excluding steroid dienone is 1. The van der Waals surface area contributed by atoms with Crippen molar-refractivity contribution in [3.63, 3.8) is 0 Å². The molecule has 1 aliphatic carbocycles. The van der Waals surface area contributed by atoms with Gasteiger partial charge in [-0.05, 0) is 24.9 Å². The van der Waals surface area contributed by atoms with Gasteiger partial charge in [0.15, 0.2) is 11.5 Å². The molecule has 0 radical (unpaired) electrons. The molecule has 1 unspecified atom stereocenters. The minimum Gasteiger partial charge on any atom is -0.454 e. The molecular weight excluding hydrogens is 414 g/mol. The molecular formula is C19H18F2N6O4. The molecule has 12 heteroatoms. The summed E-state index contributed by atoms with van der Waals surface area (Å²) in [6.07, 6.45) is -0.735. The van der Waals surface area contributed by atoms with Crippen molar-refractivity contribution in [1.82, 2.24) is 10.6 Å². The summed E-state index contributed by atoms with van der Waals surface area (Å²) in [5.41, 5.74) is 0.900. The van der Waals surface area contributed by atoms with Gasteiger partial charge in [-0.15, -0.1) is 0 Å². The van der Waals surface area contributed by atoms with Crippen molar-refractivity contribution in [2.24, 2.45) is 15.0 Å². The van der Waals surface area contributed by atoms with E-state index in [1.165, 1.54) is 13.1 Å². The molecule has 162 valence electrons. The van der Waals surface area contributed by atoms with Gasteiger partial charge in [0, 0.05) is 25.2 Å². The average Bonchev–Trinajstić information content (AvgIpc) is 3.21. The van der Waals surface area contributed by atoms with Crippen molar-refractivity contribution in [3.05, 3.63) is 41.8 Å². The molecule has 1 amide bonds. The number of carbonyl (C=O) groups is 1. The number of nitrogens with one attached hydrogen (secondary N) is 3. The number of fused-ring (bicyclic) bond motifs is 1. The normalized spacial score (nSPS) is 21.8. The van der Waals surface area contributed by atoms with E-state index in [1.54, 1.807) is 24.3 Å². The largest absolute Gasteiger partial charge is 0.482 e. The number of halogens is 2. The van der Waals surface area contributed by atoms with Gasteiger partial charge in [0.05, 0.1) is 11.7 Å². The molecule has 1 aromatic rings. The first kappa shape index (κ1) is 20.3. The van der Waals surface area contributed by atoms with Crippen LogP contribution < -0.4 is 25.4 Å². The number of carbonyl (C=O) groups excluding carboxylic acids is 1. The zero-order valence-electron chi connectivity index (χ0n) is 16.3. The smallest absolute Gasteiger partial charge is 0.454 e. The van der Waals surface area contributed by atoms with Crippen LogP contribution in [0.2, 0.25) is 0 Å². The molecule has 3 aliphatic rings. The van der Waals surface area contributed by atoms with Crippen LogP contribution in [-0.2, 0) is 9.53 Å². The molecule has 0 aromatic heterocycles. The van der Waals surface area contributed by atoms with Gasteiger partial charge in [-0.2, -0.15) is 13.8 Å². The fourth-order valence-corrected chi connectivity index (χ4v) is 3.01. The summed E-state index contributed by atoms with van der Waals surface area (Å²) in [5.74, 6) is 0.0215. The molecule has 0 bridgehead atoms. The average molecular weight is 432 g/mol. The Balaban J connectivity index is 1.43. The second-order valence-electron chi connectivity index (χ2n) is 6.56. The standard InChI is InChI=1S/C19H18F2N6O4/c1-22-17(24-10-3-5-13-12(7-10)26-16(28)19(20,21)31-13)27-18(23-2)25-11-4-6-14-15(8-11)30-9-29-14/h3-6,8,10H,2,7,9H2,1H3,(H,26,28)(H2,22,24,25,27). The molecule has 4 rings (SSSR count). The molecule has 2 aliphatic heterocycles. The van der Waals surface area contributed by atoms with Crippen molar-refractivity contribution < 1.29 is 27.8 Å². The SMILES string of the molecule is C=NC(=NC(=NC)NC1C=CC2=C(C1)NC(=O)C(F)(F)O2)Nc1ccc2c(c1)OCO2. The predicted molar refractivity (Wildman–Crippen MR) is 108 cm³/mol. The van der Waals surface area contributed by atoms with Crippen LogP contribution in [-0.4, -0.2) is 50.5 Å². The van der Waals surface area contributed by atoms with E-state index in [0.29, 0.717) is 17.2 Å². The van der Waals surface area contributed by atoms with E-state index in [1.807, 2.05) is 0 Å². The lowest BCUT2D eigenvalue weighted by molar-refractivity contribution is -0.217. The number of alkyl halides is 2. The van der Waals surface area contributed by atoms with Gasteiger partial charge in [-0.3, -0.25) is 9.79 Å². The first-order valence-electron chi connectivity index (χ1n) is 9.13. The molecule has 10 nitrogen and oxygen atoms in total. The maximum absolute atomic E-state index is 13.4. The molecule has 0 saturated carbocycles. The second kappa shape index (κ2) is 8.05. The number of amides is 1. The maximum atomic E-state index is 13.4. The number of hydrogen-bond donors (Lipinski definition) is 3. The van der Waals surface area contributed by atoms with E-state index in [2.05, 4.69) is 42.4 Å². The molecule has 1 atom stereocenters. The highest BCUT2D eigenvalue weighted by Crippen LogP contribution is 2.34. The van der Waals surface area contributed by atoms with Crippen LogP contribution in [0.3, 0.4) is 0 Å². The van der Waals surface area contributed by atoms with Crippen molar-refractivity contribution in [1.29, 1.82) is 0 Å². The van der Waals surface area contributed by atoms with Crippen LogP contribution in [0.1, 0.15) is 6.42 Å². The molecule has 1 aromatic carbocycles. The van der Waals surface area contributed by atoms with Gasteiger partial charge in [0.1, 0.15) is 5.76 Å². The Morgan fingerprint density at radius 2 is 2.10 bits per heavy atom. The van der Waals surface area contributed by atoms with E-state index >= 15 is 0 Å². The van der Waals surface area contributed by atoms with Gasteiger partial charge in [0.2, 0.25) is 18.7 Å². The lowest BCUT2D eigenvalue weighted by Gasteiger charge is -2.30. The topological polar surface area (TPSA) is 118 Å². The summed E-state index contributed by atoms with van der Waals surface area (Å²) < 4.78 is 41.8. The van der Waals surface area contributed by atoms with Crippen LogP contribution in [0.4, 0.5) is 14.5 Å². The number of benzene rings is 1. The van der Waals surface area contributed by atoms with Crippen molar-refractivity contribution in [2.75, 3.05) is 19.2 Å².